The standard InChI is InChI=1S/C18H23NOS/c1-14-5-8-16(9-6-14)21-20-12-11-15-7-10-17(19-13-15)18(2,3)4/h5-10,13H,11-12H2,1-4H3. The van der Waals surface area contributed by atoms with Gasteiger partial charge in [-0.2, -0.15) is 0 Å². The van der Waals surface area contributed by atoms with Crippen molar-refractivity contribution in [3.63, 3.8) is 0 Å². The Morgan fingerprint density at radius 2 is 1.76 bits per heavy atom. The molecule has 0 aliphatic rings. The molecule has 0 unspecified atom stereocenters. The third-order valence-corrected chi connectivity index (χ3v) is 3.99. The van der Waals surface area contributed by atoms with Crippen molar-refractivity contribution in [1.29, 1.82) is 0 Å². The Morgan fingerprint density at radius 1 is 1.05 bits per heavy atom. The van der Waals surface area contributed by atoms with Gasteiger partial charge >= 0.3 is 0 Å². The van der Waals surface area contributed by atoms with Crippen LogP contribution in [0.2, 0.25) is 0 Å². The first kappa shape index (κ1) is 16.1. The van der Waals surface area contributed by atoms with Crippen molar-refractivity contribution in [3.05, 3.63) is 59.4 Å². The van der Waals surface area contributed by atoms with E-state index in [0.29, 0.717) is 6.61 Å². The Kier molecular flexibility index (Phi) is 5.43. The molecule has 0 saturated heterocycles. The number of pyridine rings is 1. The Bertz CT molecular complexity index is 555. The highest BCUT2D eigenvalue weighted by Gasteiger charge is 2.14. The molecule has 0 aliphatic carbocycles. The van der Waals surface area contributed by atoms with E-state index in [0.717, 1.165) is 17.0 Å². The maximum Gasteiger partial charge on any atom is 0.0659 e. The molecule has 112 valence electrons. The molecular weight excluding hydrogens is 278 g/mol. The summed E-state index contributed by atoms with van der Waals surface area (Å²) in [5.41, 5.74) is 3.72. The lowest BCUT2D eigenvalue weighted by Crippen LogP contribution is -2.13. The first-order valence-corrected chi connectivity index (χ1v) is 8.01. The first-order valence-electron chi connectivity index (χ1n) is 7.27. The second-order valence-electron chi connectivity index (χ2n) is 6.27. The molecule has 21 heavy (non-hydrogen) atoms. The summed E-state index contributed by atoms with van der Waals surface area (Å²) in [7, 11) is 0. The number of hydrogen-bond donors (Lipinski definition) is 0. The summed E-state index contributed by atoms with van der Waals surface area (Å²) in [5, 5.41) is 0. The Hall–Kier alpha value is -1.32. The molecule has 0 fully saturated rings. The number of rotatable bonds is 5. The summed E-state index contributed by atoms with van der Waals surface area (Å²) in [4.78, 5) is 5.67. The second-order valence-corrected chi connectivity index (χ2v) is 7.14. The van der Waals surface area contributed by atoms with E-state index >= 15 is 0 Å². The number of hydrogen-bond acceptors (Lipinski definition) is 3. The molecule has 0 atom stereocenters. The van der Waals surface area contributed by atoms with Gasteiger partial charge in [-0.3, -0.25) is 4.98 Å². The average Bonchev–Trinajstić information content (AvgIpc) is 2.45. The van der Waals surface area contributed by atoms with Crippen molar-refractivity contribution in [1.82, 2.24) is 4.98 Å². The SMILES string of the molecule is Cc1ccc(SOCCc2ccc(C(C)(C)C)nc2)cc1. The summed E-state index contributed by atoms with van der Waals surface area (Å²) in [6, 6.07) is 12.6. The number of benzene rings is 1. The fraction of sp³-hybridized carbons (Fsp3) is 0.389. The Labute approximate surface area is 132 Å². The van der Waals surface area contributed by atoms with Crippen molar-refractivity contribution in [3.8, 4) is 0 Å². The zero-order chi connectivity index (χ0) is 15.3. The van der Waals surface area contributed by atoms with Gasteiger partial charge < -0.3 is 4.18 Å². The quantitative estimate of drug-likeness (QED) is 0.576. The topological polar surface area (TPSA) is 22.1 Å². The van der Waals surface area contributed by atoms with Crippen LogP contribution in [0.4, 0.5) is 0 Å². The molecule has 0 aliphatic heterocycles. The fourth-order valence-electron chi connectivity index (χ4n) is 1.88. The van der Waals surface area contributed by atoms with Crippen LogP contribution >= 0.6 is 12.0 Å². The van der Waals surface area contributed by atoms with Gasteiger partial charge in [-0.15, -0.1) is 0 Å². The summed E-state index contributed by atoms with van der Waals surface area (Å²) < 4.78 is 5.65. The molecule has 0 spiro atoms. The Morgan fingerprint density at radius 3 is 2.33 bits per heavy atom. The monoisotopic (exact) mass is 301 g/mol. The largest absolute Gasteiger partial charge is 0.310 e. The van der Waals surface area contributed by atoms with Crippen molar-refractivity contribution in [2.24, 2.45) is 0 Å². The van der Waals surface area contributed by atoms with E-state index in [-0.39, 0.29) is 5.41 Å². The van der Waals surface area contributed by atoms with Crippen LogP contribution in [0.15, 0.2) is 47.5 Å². The molecule has 1 aromatic carbocycles. The van der Waals surface area contributed by atoms with Gasteiger partial charge in [0.1, 0.15) is 0 Å². The summed E-state index contributed by atoms with van der Waals surface area (Å²) in [5.74, 6) is 0. The van der Waals surface area contributed by atoms with Gasteiger partial charge in [0.05, 0.1) is 6.61 Å². The van der Waals surface area contributed by atoms with E-state index in [2.05, 4.69) is 69.1 Å². The minimum absolute atomic E-state index is 0.107. The molecule has 0 saturated carbocycles. The van der Waals surface area contributed by atoms with E-state index in [4.69, 9.17) is 4.18 Å². The number of nitrogens with zero attached hydrogens (tertiary/aromatic N) is 1. The van der Waals surface area contributed by atoms with Crippen LogP contribution in [-0.4, -0.2) is 11.6 Å². The molecule has 1 aromatic heterocycles. The van der Waals surface area contributed by atoms with Gasteiger partial charge in [-0.25, -0.2) is 0 Å². The Balaban J connectivity index is 1.77. The lowest BCUT2D eigenvalue weighted by atomic mass is 9.91. The lowest BCUT2D eigenvalue weighted by molar-refractivity contribution is 0.378. The molecule has 2 aromatic rings. The molecule has 0 radical (unpaired) electrons. The fourth-order valence-corrected chi connectivity index (χ4v) is 2.43. The normalized spacial score (nSPS) is 11.6. The van der Waals surface area contributed by atoms with Gasteiger partial charge in [-0.05, 0) is 37.1 Å². The summed E-state index contributed by atoms with van der Waals surface area (Å²) in [6.45, 7) is 9.31. The summed E-state index contributed by atoms with van der Waals surface area (Å²) >= 11 is 1.44. The molecule has 3 heteroatoms. The third kappa shape index (κ3) is 5.18. The second kappa shape index (κ2) is 7.10. The molecular formula is C18H23NOS. The van der Waals surface area contributed by atoms with Crippen LogP contribution in [-0.2, 0) is 16.0 Å². The van der Waals surface area contributed by atoms with Gasteiger partial charge in [-0.1, -0.05) is 44.5 Å². The summed E-state index contributed by atoms with van der Waals surface area (Å²) in [6.07, 6.45) is 2.84. The average molecular weight is 301 g/mol. The van der Waals surface area contributed by atoms with Crippen LogP contribution in [0, 0.1) is 6.92 Å². The maximum atomic E-state index is 5.65. The van der Waals surface area contributed by atoms with Gasteiger partial charge in [0, 0.05) is 34.2 Å². The van der Waals surface area contributed by atoms with Crippen molar-refractivity contribution < 1.29 is 4.18 Å². The van der Waals surface area contributed by atoms with E-state index in [9.17, 15) is 0 Å². The van der Waals surface area contributed by atoms with E-state index in [1.54, 1.807) is 0 Å². The molecule has 0 amide bonds. The van der Waals surface area contributed by atoms with Crippen LogP contribution in [0.5, 0.6) is 0 Å². The highest BCUT2D eigenvalue weighted by molar-refractivity contribution is 7.94. The highest BCUT2D eigenvalue weighted by Crippen LogP contribution is 2.21. The van der Waals surface area contributed by atoms with E-state index in [1.807, 2.05) is 6.20 Å². The zero-order valence-electron chi connectivity index (χ0n) is 13.2. The molecule has 0 bridgehead atoms. The number of aromatic nitrogens is 1. The van der Waals surface area contributed by atoms with Crippen LogP contribution < -0.4 is 0 Å². The number of aryl methyl sites for hydroxylation is 1. The highest BCUT2D eigenvalue weighted by atomic mass is 32.2. The van der Waals surface area contributed by atoms with Gasteiger partial charge in [0.15, 0.2) is 0 Å². The molecule has 0 N–H and O–H groups in total. The lowest BCUT2D eigenvalue weighted by Gasteiger charge is -2.17. The van der Waals surface area contributed by atoms with E-state index < -0.39 is 0 Å². The van der Waals surface area contributed by atoms with E-state index in [1.165, 1.54) is 23.2 Å². The first-order chi connectivity index (χ1) is 9.95. The minimum Gasteiger partial charge on any atom is -0.310 e. The minimum atomic E-state index is 0.107. The van der Waals surface area contributed by atoms with Crippen molar-refractivity contribution in [2.75, 3.05) is 6.61 Å². The predicted octanol–water partition coefficient (Wildman–Crippen LogP) is 4.95. The molecule has 2 nitrogen and oxygen atoms in total. The van der Waals surface area contributed by atoms with Crippen LogP contribution in [0.1, 0.15) is 37.6 Å². The third-order valence-electron chi connectivity index (χ3n) is 3.24. The van der Waals surface area contributed by atoms with Crippen LogP contribution in [0.3, 0.4) is 0 Å². The van der Waals surface area contributed by atoms with Crippen LogP contribution in [0.25, 0.3) is 0 Å². The molecule has 2 rings (SSSR count). The van der Waals surface area contributed by atoms with Crippen molar-refractivity contribution in [2.45, 2.75) is 44.4 Å². The maximum absolute atomic E-state index is 5.65. The van der Waals surface area contributed by atoms with Gasteiger partial charge in [0.2, 0.25) is 0 Å². The molecule has 1 heterocycles. The van der Waals surface area contributed by atoms with Crippen molar-refractivity contribution >= 4 is 12.0 Å². The zero-order valence-corrected chi connectivity index (χ0v) is 14.0. The smallest absolute Gasteiger partial charge is 0.0659 e. The predicted molar refractivity (Wildman–Crippen MR) is 89.6 cm³/mol. The van der Waals surface area contributed by atoms with Gasteiger partial charge in [0.25, 0.3) is 0 Å².